The van der Waals surface area contributed by atoms with Crippen LogP contribution in [0, 0.1) is 5.41 Å². The number of unbranched alkanes of at least 4 members (excludes halogenated alkanes) is 13. The Kier molecular flexibility index (Phi) is 17.2. The molecule has 0 aromatic heterocycles. The van der Waals surface area contributed by atoms with Gasteiger partial charge in [-0.1, -0.05) is 104 Å². The van der Waals surface area contributed by atoms with E-state index in [1.165, 1.54) is 77.0 Å². The molecular weight excluding hydrogens is 395 g/mol. The van der Waals surface area contributed by atoms with E-state index in [0.717, 1.165) is 12.8 Å². The molecule has 0 spiro atoms. The van der Waals surface area contributed by atoms with E-state index in [1.54, 1.807) is 0 Å². The molecule has 1 atom stereocenters. The minimum Gasteiger partial charge on any atom is -0.303 e. The summed E-state index contributed by atoms with van der Waals surface area (Å²) in [4.78, 5) is 17.5. The molecule has 5 nitrogen and oxygen atoms in total. The van der Waals surface area contributed by atoms with Crippen molar-refractivity contribution in [3.05, 3.63) is 0 Å². The third-order valence-electron chi connectivity index (χ3n) is 4.90. The van der Waals surface area contributed by atoms with E-state index in [2.05, 4.69) is 11.4 Å². The topological polar surface area (TPSA) is 83.8 Å². The Labute approximate surface area is 176 Å². The molecule has 0 aliphatic rings. The fourth-order valence-electron chi connectivity index (χ4n) is 3.27. The lowest BCUT2D eigenvalue weighted by Crippen LogP contribution is -2.27. The van der Waals surface area contributed by atoms with Gasteiger partial charge >= 0.3 is 7.82 Å². The van der Waals surface area contributed by atoms with E-state index >= 15 is 0 Å². The monoisotopic (exact) mass is 440 g/mol. The van der Waals surface area contributed by atoms with Gasteiger partial charge in [0.05, 0.1) is 6.61 Å². The van der Waals surface area contributed by atoms with E-state index in [1.807, 2.05) is 13.8 Å². The van der Waals surface area contributed by atoms with Gasteiger partial charge in [-0.25, -0.2) is 4.57 Å². The molecule has 170 valence electrons. The number of phosphoric acid groups is 1. The summed E-state index contributed by atoms with van der Waals surface area (Å²) >= 11 is 0. The molecule has 0 aromatic rings. The lowest BCUT2D eigenvalue weighted by atomic mass is 9.98. The highest BCUT2D eigenvalue weighted by Gasteiger charge is 2.26. The van der Waals surface area contributed by atoms with E-state index in [4.69, 9.17) is 9.79 Å². The van der Waals surface area contributed by atoms with Gasteiger partial charge in [-0.2, -0.15) is 0 Å². The summed E-state index contributed by atoms with van der Waals surface area (Å²) < 4.78 is 27.5. The normalized spacial score (nSPS) is 13.8. The predicted octanol–water partition coefficient (Wildman–Crippen LogP) is 6.35. The van der Waals surface area contributed by atoms with E-state index in [-0.39, 0.29) is 6.61 Å². The molecule has 28 heavy (non-hydrogen) atoms. The first-order valence-electron chi connectivity index (χ1n) is 11.2. The van der Waals surface area contributed by atoms with Gasteiger partial charge in [-0.3, -0.25) is 8.73 Å². The highest BCUT2D eigenvalue weighted by molar-refractivity contribution is 7.85. The number of phosphoric ester groups is 1. The van der Waals surface area contributed by atoms with Crippen LogP contribution in [0.15, 0.2) is 0 Å². The highest BCUT2D eigenvalue weighted by atomic mass is 32.2. The minimum atomic E-state index is -4.46. The fourth-order valence-corrected chi connectivity index (χ4v) is 5.41. The van der Waals surface area contributed by atoms with Crippen molar-refractivity contribution in [2.24, 2.45) is 5.41 Å². The second kappa shape index (κ2) is 17.0. The van der Waals surface area contributed by atoms with Crippen LogP contribution in [-0.4, -0.2) is 32.1 Å². The van der Waals surface area contributed by atoms with Gasteiger partial charge in [0.1, 0.15) is 0 Å². The van der Waals surface area contributed by atoms with Crippen molar-refractivity contribution in [3.8, 4) is 0 Å². The Morgan fingerprint density at radius 2 is 1.18 bits per heavy atom. The smallest absolute Gasteiger partial charge is 0.303 e. The first-order chi connectivity index (χ1) is 13.2. The first-order valence-corrected chi connectivity index (χ1v) is 14.2. The Balaban J connectivity index is 3.46. The number of hydrogen-bond acceptors (Lipinski definition) is 3. The lowest BCUT2D eigenvalue weighted by molar-refractivity contribution is 0.141. The molecule has 0 amide bonds. The summed E-state index contributed by atoms with van der Waals surface area (Å²) in [6, 6.07) is 0. The van der Waals surface area contributed by atoms with Crippen molar-refractivity contribution in [1.82, 2.24) is 0 Å². The van der Waals surface area contributed by atoms with Gasteiger partial charge < -0.3 is 9.79 Å². The van der Waals surface area contributed by atoms with Crippen molar-refractivity contribution in [1.29, 1.82) is 0 Å². The van der Waals surface area contributed by atoms with Crippen LogP contribution < -0.4 is 0 Å². The van der Waals surface area contributed by atoms with Gasteiger partial charge in [0, 0.05) is 27.7 Å². The third kappa shape index (κ3) is 21.0. The van der Waals surface area contributed by atoms with Crippen LogP contribution in [0.5, 0.6) is 0 Å². The molecule has 1 unspecified atom stereocenters. The Bertz CT molecular complexity index is 437. The molecule has 0 saturated heterocycles. The second-order valence-electron chi connectivity index (χ2n) is 8.81. The van der Waals surface area contributed by atoms with E-state index < -0.39 is 24.0 Å². The maximum Gasteiger partial charge on any atom is 0.469 e. The molecule has 7 heteroatoms. The van der Waals surface area contributed by atoms with Gasteiger partial charge in [0.25, 0.3) is 0 Å². The van der Waals surface area contributed by atoms with Crippen molar-refractivity contribution >= 4 is 18.6 Å². The van der Waals surface area contributed by atoms with Crippen molar-refractivity contribution < 1.29 is 23.1 Å². The maximum atomic E-state index is 12.2. The SMILES string of the molecule is CCCCCCCCCCCCCCCCS(=O)CC(C)(C)COP(=O)(O)O. The predicted molar refractivity (Wildman–Crippen MR) is 120 cm³/mol. The zero-order valence-corrected chi connectivity index (χ0v) is 20.2. The summed E-state index contributed by atoms with van der Waals surface area (Å²) in [5.41, 5.74) is -0.498. The quantitative estimate of drug-likeness (QED) is 0.170. The summed E-state index contributed by atoms with van der Waals surface area (Å²) in [7, 11) is -5.42. The first kappa shape index (κ1) is 28.3. The van der Waals surface area contributed by atoms with Gasteiger partial charge in [-0.05, 0) is 6.42 Å². The van der Waals surface area contributed by atoms with E-state index in [0.29, 0.717) is 11.5 Å². The van der Waals surface area contributed by atoms with Crippen LogP contribution in [0.4, 0.5) is 0 Å². The Hall–Kier alpha value is 0.260. The maximum absolute atomic E-state index is 12.2. The van der Waals surface area contributed by atoms with Crippen molar-refractivity contribution in [2.45, 2.75) is 111 Å². The lowest BCUT2D eigenvalue weighted by Gasteiger charge is -2.23. The number of rotatable bonds is 20. The molecule has 0 radical (unpaired) electrons. The molecule has 0 fully saturated rings. The molecule has 2 N–H and O–H groups in total. The van der Waals surface area contributed by atoms with E-state index in [9.17, 15) is 8.77 Å². The Morgan fingerprint density at radius 1 is 0.786 bits per heavy atom. The largest absolute Gasteiger partial charge is 0.469 e. The average Bonchev–Trinajstić information content (AvgIpc) is 2.59. The van der Waals surface area contributed by atoms with Crippen molar-refractivity contribution in [3.63, 3.8) is 0 Å². The third-order valence-corrected chi connectivity index (χ3v) is 7.21. The van der Waals surface area contributed by atoms with Gasteiger partial charge in [0.2, 0.25) is 0 Å². The molecule has 0 aromatic carbocycles. The molecule has 0 rings (SSSR count). The van der Waals surface area contributed by atoms with Crippen LogP contribution in [0.25, 0.3) is 0 Å². The average molecular weight is 441 g/mol. The molecule has 0 bridgehead atoms. The van der Waals surface area contributed by atoms with Crippen molar-refractivity contribution in [2.75, 3.05) is 18.1 Å². The molecule has 0 aliphatic carbocycles. The molecule has 0 heterocycles. The van der Waals surface area contributed by atoms with Crippen LogP contribution >= 0.6 is 7.82 Å². The summed E-state index contributed by atoms with van der Waals surface area (Å²) in [6.45, 7) is 5.83. The standard InChI is InChI=1S/C21H45O5PS/c1-4-5-6-7-8-9-10-11-12-13-14-15-16-17-18-28(25)20-21(2,3)19-26-27(22,23)24/h4-20H2,1-3H3,(H2,22,23,24). The van der Waals surface area contributed by atoms with Crippen LogP contribution in [0.1, 0.15) is 111 Å². The van der Waals surface area contributed by atoms with Crippen LogP contribution in [0.3, 0.4) is 0 Å². The van der Waals surface area contributed by atoms with Gasteiger partial charge in [-0.15, -0.1) is 0 Å². The van der Waals surface area contributed by atoms with Gasteiger partial charge in [0.15, 0.2) is 0 Å². The fraction of sp³-hybridized carbons (Fsp3) is 1.00. The second-order valence-corrected chi connectivity index (χ2v) is 11.6. The summed E-state index contributed by atoms with van der Waals surface area (Å²) in [6.07, 6.45) is 18.3. The zero-order valence-electron chi connectivity index (χ0n) is 18.5. The zero-order chi connectivity index (χ0) is 21.3. The van der Waals surface area contributed by atoms with Crippen LogP contribution in [-0.2, 0) is 19.9 Å². The summed E-state index contributed by atoms with van der Waals surface area (Å²) in [5.74, 6) is 1.07. The Morgan fingerprint density at radius 3 is 1.57 bits per heavy atom. The molecule has 0 saturated carbocycles. The highest BCUT2D eigenvalue weighted by Crippen LogP contribution is 2.38. The minimum absolute atomic E-state index is 0.0816. The number of hydrogen-bond donors (Lipinski definition) is 2. The molecular formula is C21H45O5PS. The summed E-state index contributed by atoms with van der Waals surface area (Å²) in [5, 5.41) is 0. The molecule has 0 aliphatic heterocycles. The van der Waals surface area contributed by atoms with Crippen LogP contribution in [0.2, 0.25) is 0 Å².